The van der Waals surface area contributed by atoms with Gasteiger partial charge in [-0.05, 0) is 44.0 Å². The van der Waals surface area contributed by atoms with E-state index in [0.717, 1.165) is 22.3 Å². The van der Waals surface area contributed by atoms with Crippen molar-refractivity contribution in [2.75, 3.05) is 18.2 Å². The lowest BCUT2D eigenvalue weighted by atomic mass is 9.97. The van der Waals surface area contributed by atoms with E-state index in [1.165, 1.54) is 30.2 Å². The first kappa shape index (κ1) is 27.7. The first-order valence-electron chi connectivity index (χ1n) is 11.8. The number of halogens is 1. The van der Waals surface area contributed by atoms with Crippen LogP contribution in [-0.4, -0.2) is 39.5 Å². The van der Waals surface area contributed by atoms with Gasteiger partial charge in [-0.25, -0.2) is 4.79 Å². The monoisotopic (exact) mass is 570 g/mol. The molecule has 0 radical (unpaired) electrons. The molecule has 0 aliphatic heterocycles. The Morgan fingerprint density at radius 1 is 1.13 bits per heavy atom. The zero-order valence-corrected chi connectivity index (χ0v) is 23.8. The summed E-state index contributed by atoms with van der Waals surface area (Å²) < 4.78 is 12.7. The number of hydrogen-bond donors (Lipinski definition) is 1. The number of amides is 1. The average molecular weight is 571 g/mol. The maximum Gasteiger partial charge on any atom is 0.341 e. The third-order valence-corrected chi connectivity index (χ3v) is 7.93. The number of rotatable bonds is 10. The highest BCUT2D eigenvalue weighted by Gasteiger charge is 2.24. The van der Waals surface area contributed by atoms with Crippen LogP contribution in [0.4, 0.5) is 5.00 Å². The Kier molecular flexibility index (Phi) is 9.09. The van der Waals surface area contributed by atoms with Crippen molar-refractivity contribution in [3.05, 3.63) is 75.4 Å². The summed E-state index contributed by atoms with van der Waals surface area (Å²) in [6.07, 6.45) is 0. The highest BCUT2D eigenvalue weighted by atomic mass is 35.5. The van der Waals surface area contributed by atoms with Crippen LogP contribution in [0.15, 0.2) is 53.0 Å². The molecule has 0 atom stereocenters. The molecule has 0 fully saturated rings. The van der Waals surface area contributed by atoms with E-state index < -0.39 is 5.97 Å². The normalized spacial score (nSPS) is 10.9. The summed E-state index contributed by atoms with van der Waals surface area (Å²) in [4.78, 5) is 25.6. The number of carbonyl (C=O) groups excluding carboxylic acids is 2. The zero-order valence-electron chi connectivity index (χ0n) is 21.4. The summed E-state index contributed by atoms with van der Waals surface area (Å²) in [5.41, 5.74) is 4.12. The molecule has 38 heavy (non-hydrogen) atoms. The first-order chi connectivity index (χ1) is 18.3. The standard InChI is InChI=1S/C27H27ClN4O4S2/c1-5-32-22(13-36-21-9-7-6-8-20(21)28)30-31-27(32)38-15-23(33)29-25-24(26(34)35-4)19(14-37-25)18-12-16(2)10-11-17(18)3/h6-12,14H,5,13,15H2,1-4H3,(H,29,33). The summed E-state index contributed by atoms with van der Waals surface area (Å²) in [5, 5.41) is 14.8. The van der Waals surface area contributed by atoms with Crippen LogP contribution in [0.2, 0.25) is 5.02 Å². The number of methoxy groups -OCH3 is 1. The van der Waals surface area contributed by atoms with Gasteiger partial charge in [0.05, 0.1) is 17.9 Å². The van der Waals surface area contributed by atoms with Crippen molar-refractivity contribution in [2.24, 2.45) is 0 Å². The quantitative estimate of drug-likeness (QED) is 0.174. The molecular weight excluding hydrogens is 544 g/mol. The van der Waals surface area contributed by atoms with Gasteiger partial charge in [0.2, 0.25) is 5.91 Å². The Morgan fingerprint density at radius 3 is 2.66 bits per heavy atom. The highest BCUT2D eigenvalue weighted by Crippen LogP contribution is 2.38. The minimum Gasteiger partial charge on any atom is -0.484 e. The molecule has 1 N–H and O–H groups in total. The van der Waals surface area contributed by atoms with Crippen molar-refractivity contribution in [2.45, 2.75) is 39.1 Å². The average Bonchev–Trinajstić information content (AvgIpc) is 3.51. The number of carbonyl (C=O) groups is 2. The Balaban J connectivity index is 1.46. The van der Waals surface area contributed by atoms with E-state index in [1.807, 2.05) is 61.1 Å². The fraction of sp³-hybridized carbons (Fsp3) is 0.259. The number of nitrogens with one attached hydrogen (secondary N) is 1. The second-order valence-electron chi connectivity index (χ2n) is 8.36. The SMILES string of the molecule is CCn1c(COc2ccccc2Cl)nnc1SCC(=O)Nc1scc(-c2cc(C)ccc2C)c1C(=O)OC. The third kappa shape index (κ3) is 6.20. The lowest BCUT2D eigenvalue weighted by molar-refractivity contribution is -0.113. The molecule has 2 aromatic carbocycles. The molecule has 0 spiro atoms. The zero-order chi connectivity index (χ0) is 27.2. The van der Waals surface area contributed by atoms with Crippen LogP contribution in [0.1, 0.15) is 34.2 Å². The molecular formula is C27H27ClN4O4S2. The molecule has 0 bridgehead atoms. The lowest BCUT2D eigenvalue weighted by Gasteiger charge is -2.11. The molecule has 0 aliphatic carbocycles. The van der Waals surface area contributed by atoms with Crippen LogP contribution in [-0.2, 0) is 22.7 Å². The molecule has 4 aromatic rings. The number of esters is 1. The minimum absolute atomic E-state index is 0.0841. The van der Waals surface area contributed by atoms with E-state index in [0.29, 0.717) is 38.9 Å². The van der Waals surface area contributed by atoms with Crippen LogP contribution >= 0.6 is 34.7 Å². The Labute approximate surface area is 234 Å². The van der Waals surface area contributed by atoms with Crippen LogP contribution in [0, 0.1) is 13.8 Å². The number of thiophene rings is 1. The van der Waals surface area contributed by atoms with Crippen LogP contribution in [0.3, 0.4) is 0 Å². The summed E-state index contributed by atoms with van der Waals surface area (Å²) in [7, 11) is 1.33. The van der Waals surface area contributed by atoms with Gasteiger partial charge < -0.3 is 19.4 Å². The van der Waals surface area contributed by atoms with E-state index in [4.69, 9.17) is 21.1 Å². The van der Waals surface area contributed by atoms with E-state index >= 15 is 0 Å². The van der Waals surface area contributed by atoms with Crippen molar-refractivity contribution in [3.63, 3.8) is 0 Å². The van der Waals surface area contributed by atoms with Crippen LogP contribution in [0.5, 0.6) is 5.75 Å². The summed E-state index contributed by atoms with van der Waals surface area (Å²) in [5.74, 6) is 0.500. The number of para-hydroxylation sites is 1. The van der Waals surface area contributed by atoms with Crippen LogP contribution < -0.4 is 10.1 Å². The number of hydrogen-bond acceptors (Lipinski definition) is 8. The van der Waals surface area contributed by atoms with Crippen LogP contribution in [0.25, 0.3) is 11.1 Å². The Bertz CT molecular complexity index is 1470. The largest absolute Gasteiger partial charge is 0.484 e. The molecule has 0 aliphatic rings. The number of anilines is 1. The predicted molar refractivity (Wildman–Crippen MR) is 151 cm³/mol. The maximum atomic E-state index is 12.9. The fourth-order valence-electron chi connectivity index (χ4n) is 3.83. The third-order valence-electron chi connectivity index (χ3n) is 5.75. The Hall–Kier alpha value is -3.34. The molecule has 198 valence electrons. The molecule has 0 saturated carbocycles. The minimum atomic E-state index is -0.501. The van der Waals surface area contributed by atoms with Crippen molar-refractivity contribution < 1.29 is 19.1 Å². The molecule has 2 aromatic heterocycles. The van der Waals surface area contributed by atoms with Gasteiger partial charge in [-0.3, -0.25) is 4.79 Å². The number of aryl methyl sites for hydroxylation is 2. The van der Waals surface area contributed by atoms with Gasteiger partial charge in [0.15, 0.2) is 11.0 Å². The number of aromatic nitrogens is 3. The lowest BCUT2D eigenvalue weighted by Crippen LogP contribution is -2.16. The van der Waals surface area contributed by atoms with E-state index in [1.54, 1.807) is 12.1 Å². The number of benzene rings is 2. The highest BCUT2D eigenvalue weighted by molar-refractivity contribution is 7.99. The summed E-state index contributed by atoms with van der Waals surface area (Å²) in [6, 6.07) is 13.3. The maximum absolute atomic E-state index is 12.9. The van der Waals surface area contributed by atoms with E-state index in [-0.39, 0.29) is 18.3 Å². The molecule has 4 rings (SSSR count). The predicted octanol–water partition coefficient (Wildman–Crippen LogP) is 6.39. The number of thioether (sulfide) groups is 1. The van der Waals surface area contributed by atoms with Gasteiger partial charge in [-0.2, -0.15) is 0 Å². The van der Waals surface area contributed by atoms with Gasteiger partial charge in [0.1, 0.15) is 22.9 Å². The smallest absolute Gasteiger partial charge is 0.341 e. The van der Waals surface area contributed by atoms with Crippen molar-refractivity contribution in [1.29, 1.82) is 0 Å². The molecule has 0 saturated heterocycles. The van der Waals surface area contributed by atoms with Gasteiger partial charge in [0.25, 0.3) is 0 Å². The topological polar surface area (TPSA) is 95.3 Å². The van der Waals surface area contributed by atoms with Gasteiger partial charge in [-0.1, -0.05) is 59.3 Å². The fourth-order valence-corrected chi connectivity index (χ4v) is 5.80. The first-order valence-corrected chi connectivity index (χ1v) is 14.1. The van der Waals surface area contributed by atoms with Gasteiger partial charge in [-0.15, -0.1) is 21.5 Å². The number of nitrogens with zero attached hydrogens (tertiary/aromatic N) is 3. The van der Waals surface area contributed by atoms with E-state index in [2.05, 4.69) is 15.5 Å². The van der Waals surface area contributed by atoms with Crippen molar-refractivity contribution in [3.8, 4) is 16.9 Å². The molecule has 1 amide bonds. The molecule has 0 unspecified atom stereocenters. The van der Waals surface area contributed by atoms with Gasteiger partial charge >= 0.3 is 5.97 Å². The van der Waals surface area contributed by atoms with Gasteiger partial charge in [0, 0.05) is 17.5 Å². The molecule has 8 nitrogen and oxygen atoms in total. The molecule has 2 heterocycles. The Morgan fingerprint density at radius 2 is 1.92 bits per heavy atom. The summed E-state index contributed by atoms with van der Waals surface area (Å²) >= 11 is 8.72. The van der Waals surface area contributed by atoms with Crippen molar-refractivity contribution in [1.82, 2.24) is 14.8 Å². The van der Waals surface area contributed by atoms with Crippen molar-refractivity contribution >= 4 is 51.6 Å². The number of ether oxygens (including phenoxy) is 2. The second kappa shape index (κ2) is 12.5. The second-order valence-corrected chi connectivity index (χ2v) is 10.6. The van der Waals surface area contributed by atoms with E-state index in [9.17, 15) is 9.59 Å². The molecule has 11 heteroatoms. The summed E-state index contributed by atoms with van der Waals surface area (Å²) in [6.45, 7) is 6.75.